The number of hydrogen-bond donors (Lipinski definition) is 0. The number of aromatic nitrogens is 1. The average molecular weight is 263 g/mol. The minimum Gasteiger partial charge on any atom is -0.440 e. The normalized spacial score (nSPS) is 18.3. The van der Waals surface area contributed by atoms with E-state index in [-0.39, 0.29) is 0 Å². The first-order valence-electron chi connectivity index (χ1n) is 5.61. The van der Waals surface area contributed by atoms with Gasteiger partial charge in [-0.25, -0.2) is 4.98 Å². The first-order valence-corrected chi connectivity index (χ1v) is 7.47. The molecular weight excluding hydrogens is 250 g/mol. The van der Waals surface area contributed by atoms with E-state index in [1.54, 1.807) is 18.0 Å². The molecule has 1 unspecified atom stereocenters. The summed E-state index contributed by atoms with van der Waals surface area (Å²) >= 11 is 3.68. The van der Waals surface area contributed by atoms with Gasteiger partial charge in [0.1, 0.15) is 6.26 Å². The number of thioether (sulfide) groups is 2. The molecule has 0 N–H and O–H groups in total. The highest BCUT2D eigenvalue weighted by molar-refractivity contribution is 8.03. The molecule has 0 spiro atoms. The molecule has 1 aliphatic heterocycles. The largest absolute Gasteiger partial charge is 0.440 e. The summed E-state index contributed by atoms with van der Waals surface area (Å²) in [4.78, 5) is 5.74. The molecule has 1 aliphatic rings. The van der Waals surface area contributed by atoms with E-state index < -0.39 is 0 Å². The van der Waals surface area contributed by atoms with Crippen LogP contribution in [0.2, 0.25) is 0 Å². The van der Waals surface area contributed by atoms with Crippen LogP contribution in [0.1, 0.15) is 11.3 Å². The van der Waals surface area contributed by atoms with Gasteiger partial charge >= 0.3 is 0 Å². The Hall–Kier alpha value is -0.870. The molecule has 4 heteroatoms. The lowest BCUT2D eigenvalue weighted by atomic mass is 10.1. The highest BCUT2D eigenvalue weighted by Crippen LogP contribution is 2.38. The summed E-state index contributed by atoms with van der Waals surface area (Å²) in [6.45, 7) is 1.95. The van der Waals surface area contributed by atoms with Crippen molar-refractivity contribution < 1.29 is 4.42 Å². The predicted octanol–water partition coefficient (Wildman–Crippen LogP) is 3.79. The number of oxazole rings is 1. The quantitative estimate of drug-likeness (QED) is 0.787. The Kier molecular flexibility index (Phi) is 3.16. The zero-order chi connectivity index (χ0) is 11.7. The van der Waals surface area contributed by atoms with E-state index in [0.717, 1.165) is 23.1 Å². The van der Waals surface area contributed by atoms with E-state index in [2.05, 4.69) is 29.2 Å². The molecule has 1 aromatic carbocycles. The monoisotopic (exact) mass is 263 g/mol. The third kappa shape index (κ3) is 2.53. The van der Waals surface area contributed by atoms with Crippen molar-refractivity contribution >= 4 is 23.5 Å². The fraction of sp³-hybridized carbons (Fsp3) is 0.308. The molecule has 0 aliphatic carbocycles. The standard InChI is InChI=1S/C13H13NOS2/c1-9-7-15-13(14-9)16-8-11-6-10-4-2-3-5-12(10)17-11/h2-5,7,11H,6,8H2,1H3. The molecule has 1 aromatic heterocycles. The van der Waals surface area contributed by atoms with Gasteiger partial charge in [-0.1, -0.05) is 30.0 Å². The molecular formula is C13H13NOS2. The summed E-state index contributed by atoms with van der Waals surface area (Å²) in [5.74, 6) is 1.05. The molecule has 0 amide bonds. The fourth-order valence-corrected chi connectivity index (χ4v) is 4.24. The van der Waals surface area contributed by atoms with Crippen LogP contribution in [0.25, 0.3) is 0 Å². The minimum atomic E-state index is 0.643. The lowest BCUT2D eigenvalue weighted by molar-refractivity contribution is 0.454. The molecule has 0 saturated heterocycles. The zero-order valence-electron chi connectivity index (χ0n) is 9.55. The van der Waals surface area contributed by atoms with Crippen molar-refractivity contribution in [3.63, 3.8) is 0 Å². The number of rotatable bonds is 3. The Morgan fingerprint density at radius 3 is 3.12 bits per heavy atom. The predicted molar refractivity (Wildman–Crippen MR) is 71.8 cm³/mol. The van der Waals surface area contributed by atoms with Gasteiger partial charge < -0.3 is 4.42 Å². The molecule has 17 heavy (non-hydrogen) atoms. The van der Waals surface area contributed by atoms with Crippen LogP contribution < -0.4 is 0 Å². The number of aryl methyl sites for hydroxylation is 1. The molecule has 0 bridgehead atoms. The maximum Gasteiger partial charge on any atom is 0.255 e. The SMILES string of the molecule is Cc1coc(SCC2Cc3ccccc3S2)n1. The Morgan fingerprint density at radius 1 is 1.47 bits per heavy atom. The highest BCUT2D eigenvalue weighted by atomic mass is 32.2. The van der Waals surface area contributed by atoms with Gasteiger partial charge in [0.15, 0.2) is 0 Å². The number of benzene rings is 1. The van der Waals surface area contributed by atoms with Crippen molar-refractivity contribution in [2.75, 3.05) is 5.75 Å². The molecule has 0 fully saturated rings. The number of hydrogen-bond acceptors (Lipinski definition) is 4. The topological polar surface area (TPSA) is 26.0 Å². The van der Waals surface area contributed by atoms with Crippen LogP contribution >= 0.6 is 23.5 Å². The van der Waals surface area contributed by atoms with E-state index in [1.165, 1.54) is 10.5 Å². The summed E-state index contributed by atoms with van der Waals surface area (Å²) in [6, 6.07) is 8.66. The average Bonchev–Trinajstić information content (AvgIpc) is 2.91. The van der Waals surface area contributed by atoms with Crippen molar-refractivity contribution in [1.82, 2.24) is 4.98 Å². The lowest BCUT2D eigenvalue weighted by Gasteiger charge is -2.04. The molecule has 3 rings (SSSR count). The fourth-order valence-electron chi connectivity index (χ4n) is 1.91. The maximum absolute atomic E-state index is 5.34. The first-order chi connectivity index (χ1) is 8.31. The van der Waals surface area contributed by atoms with Crippen LogP contribution in [0.5, 0.6) is 0 Å². The molecule has 88 valence electrons. The number of fused-ring (bicyclic) bond motifs is 1. The Labute approximate surface area is 109 Å². The van der Waals surface area contributed by atoms with Crippen LogP contribution in [-0.4, -0.2) is 16.0 Å². The van der Waals surface area contributed by atoms with E-state index in [9.17, 15) is 0 Å². The second-order valence-corrected chi connectivity index (χ2v) is 6.43. The van der Waals surface area contributed by atoms with Crippen LogP contribution in [0.15, 0.2) is 45.1 Å². The van der Waals surface area contributed by atoms with Gasteiger partial charge in [-0.05, 0) is 25.0 Å². The van der Waals surface area contributed by atoms with E-state index in [0.29, 0.717) is 5.25 Å². The van der Waals surface area contributed by atoms with Crippen molar-refractivity contribution in [2.45, 2.75) is 28.7 Å². The van der Waals surface area contributed by atoms with Crippen molar-refractivity contribution in [3.8, 4) is 0 Å². The van der Waals surface area contributed by atoms with E-state index >= 15 is 0 Å². The second kappa shape index (κ2) is 4.78. The first kappa shape index (κ1) is 11.2. The Balaban J connectivity index is 1.59. The van der Waals surface area contributed by atoms with Crippen molar-refractivity contribution in [3.05, 3.63) is 41.8 Å². The zero-order valence-corrected chi connectivity index (χ0v) is 11.2. The molecule has 0 saturated carbocycles. The maximum atomic E-state index is 5.34. The summed E-state index contributed by atoms with van der Waals surface area (Å²) < 4.78 is 5.34. The second-order valence-electron chi connectivity index (χ2n) is 4.12. The Bertz CT molecular complexity index is 499. The lowest BCUT2D eigenvalue weighted by Crippen LogP contribution is -2.03. The Morgan fingerprint density at radius 2 is 2.35 bits per heavy atom. The van der Waals surface area contributed by atoms with Crippen LogP contribution in [0.4, 0.5) is 0 Å². The van der Waals surface area contributed by atoms with Crippen LogP contribution in [0, 0.1) is 6.92 Å². The van der Waals surface area contributed by atoms with E-state index in [1.807, 2.05) is 18.7 Å². The third-order valence-electron chi connectivity index (χ3n) is 2.70. The van der Waals surface area contributed by atoms with Gasteiger partial charge in [0.05, 0.1) is 5.69 Å². The van der Waals surface area contributed by atoms with Crippen LogP contribution in [-0.2, 0) is 6.42 Å². The summed E-state index contributed by atoms with van der Waals surface area (Å²) in [5.41, 5.74) is 2.43. The van der Waals surface area contributed by atoms with Crippen molar-refractivity contribution in [1.29, 1.82) is 0 Å². The molecule has 2 nitrogen and oxygen atoms in total. The van der Waals surface area contributed by atoms with Gasteiger partial charge in [-0.3, -0.25) is 0 Å². The third-order valence-corrected chi connectivity index (χ3v) is 5.24. The summed E-state index contributed by atoms with van der Waals surface area (Å²) in [6.07, 6.45) is 2.87. The highest BCUT2D eigenvalue weighted by Gasteiger charge is 2.22. The van der Waals surface area contributed by atoms with Gasteiger partial charge in [0.25, 0.3) is 5.22 Å². The van der Waals surface area contributed by atoms with Gasteiger partial charge in [-0.15, -0.1) is 11.8 Å². The van der Waals surface area contributed by atoms with Gasteiger partial charge in [-0.2, -0.15) is 0 Å². The smallest absolute Gasteiger partial charge is 0.255 e. The van der Waals surface area contributed by atoms with Gasteiger partial charge in [0.2, 0.25) is 0 Å². The number of nitrogens with zero attached hydrogens (tertiary/aromatic N) is 1. The van der Waals surface area contributed by atoms with E-state index in [4.69, 9.17) is 4.42 Å². The molecule has 1 atom stereocenters. The van der Waals surface area contributed by atoms with Gasteiger partial charge in [0, 0.05) is 15.9 Å². The molecule has 2 aromatic rings. The summed E-state index contributed by atoms with van der Waals surface area (Å²) in [5, 5.41) is 1.43. The van der Waals surface area contributed by atoms with Crippen LogP contribution in [0.3, 0.4) is 0 Å². The molecule has 2 heterocycles. The summed E-state index contributed by atoms with van der Waals surface area (Å²) in [7, 11) is 0. The minimum absolute atomic E-state index is 0.643. The van der Waals surface area contributed by atoms with Crippen molar-refractivity contribution in [2.24, 2.45) is 0 Å². The molecule has 0 radical (unpaired) electrons.